The smallest absolute Gasteiger partial charge is 0.282 e. The van der Waals surface area contributed by atoms with E-state index < -0.39 is 10.2 Å². The molecule has 0 aromatic heterocycles. The second-order valence-electron chi connectivity index (χ2n) is 7.33. The molecule has 3 rings (SSSR count). The highest BCUT2D eigenvalue weighted by Crippen LogP contribution is 2.34. The summed E-state index contributed by atoms with van der Waals surface area (Å²) in [6.45, 7) is 5.26. The van der Waals surface area contributed by atoms with E-state index in [0.717, 1.165) is 37.0 Å². The topological polar surface area (TPSA) is 59.1 Å². The molecule has 2 aliphatic rings. The molecule has 1 aromatic rings. The summed E-state index contributed by atoms with van der Waals surface area (Å²) in [5.74, 6) is 0.785. The first-order chi connectivity index (χ1) is 12.4. The van der Waals surface area contributed by atoms with Gasteiger partial charge in [0.1, 0.15) is 5.75 Å². The summed E-state index contributed by atoms with van der Waals surface area (Å²) in [6, 6.07) is 7.67. The third-order valence-electron chi connectivity index (χ3n) is 5.21. The van der Waals surface area contributed by atoms with Gasteiger partial charge in [-0.15, -0.1) is 0 Å². The first kappa shape index (κ1) is 19.6. The van der Waals surface area contributed by atoms with E-state index in [1.54, 1.807) is 15.7 Å². The molecule has 0 saturated carbocycles. The van der Waals surface area contributed by atoms with Crippen molar-refractivity contribution in [3.63, 3.8) is 0 Å². The van der Waals surface area contributed by atoms with Crippen molar-refractivity contribution in [2.24, 2.45) is 0 Å². The van der Waals surface area contributed by atoms with E-state index >= 15 is 0 Å². The molecular weight excluding hydrogens is 352 g/mol. The van der Waals surface area contributed by atoms with Crippen LogP contribution in [-0.2, 0) is 14.9 Å². The Morgan fingerprint density at radius 2 is 1.69 bits per heavy atom. The molecule has 146 valence electrons. The molecule has 0 N–H and O–H groups in total. The molecule has 3 atom stereocenters. The van der Waals surface area contributed by atoms with Gasteiger partial charge >= 0.3 is 0 Å². The van der Waals surface area contributed by atoms with Crippen LogP contribution >= 0.6 is 0 Å². The normalized spacial score (nSPS) is 29.3. The Labute approximate surface area is 157 Å². The zero-order chi connectivity index (χ0) is 18.7. The number of hydrogen-bond donors (Lipinski definition) is 0. The van der Waals surface area contributed by atoms with Crippen LogP contribution in [0.3, 0.4) is 0 Å². The third-order valence-corrected chi connectivity index (χ3v) is 7.19. The summed E-state index contributed by atoms with van der Waals surface area (Å²) < 4.78 is 41.2. The van der Waals surface area contributed by atoms with Crippen LogP contribution in [0.4, 0.5) is 0 Å². The van der Waals surface area contributed by atoms with Crippen molar-refractivity contribution < 1.29 is 17.9 Å². The lowest BCUT2D eigenvalue weighted by Crippen LogP contribution is -2.53. The fourth-order valence-corrected chi connectivity index (χ4v) is 5.99. The summed E-state index contributed by atoms with van der Waals surface area (Å²) in [4.78, 5) is 0. The van der Waals surface area contributed by atoms with Gasteiger partial charge in [-0.2, -0.15) is 17.0 Å². The van der Waals surface area contributed by atoms with Crippen molar-refractivity contribution in [3.05, 3.63) is 29.8 Å². The van der Waals surface area contributed by atoms with Gasteiger partial charge in [-0.05, 0) is 44.4 Å². The first-order valence-electron chi connectivity index (χ1n) is 9.48. The Bertz CT molecular complexity index is 682. The second-order valence-corrected chi connectivity index (χ2v) is 9.21. The molecule has 1 aromatic carbocycles. The van der Waals surface area contributed by atoms with E-state index in [4.69, 9.17) is 9.47 Å². The van der Waals surface area contributed by atoms with E-state index in [1.165, 1.54) is 0 Å². The number of morpholine rings is 1. The molecule has 7 heteroatoms. The predicted octanol–water partition coefficient (Wildman–Crippen LogP) is 2.97. The van der Waals surface area contributed by atoms with Crippen LogP contribution in [0.2, 0.25) is 0 Å². The van der Waals surface area contributed by atoms with Gasteiger partial charge < -0.3 is 9.47 Å². The molecule has 2 aliphatic heterocycles. The van der Waals surface area contributed by atoms with Crippen molar-refractivity contribution in [1.29, 1.82) is 0 Å². The monoisotopic (exact) mass is 382 g/mol. The standard InChI is InChI=1S/C19H30N2O4S/c1-15-13-20(14-16(2)25-15)26(22,23)21-12-6-4-5-7-19(21)17-8-10-18(24-3)11-9-17/h8-11,15-16,19H,4-7,12-14H2,1-3H3. The van der Waals surface area contributed by atoms with Crippen LogP contribution in [0.5, 0.6) is 5.75 Å². The number of nitrogens with zero attached hydrogens (tertiary/aromatic N) is 2. The second kappa shape index (κ2) is 8.25. The highest BCUT2D eigenvalue weighted by Gasteiger charge is 2.39. The molecule has 26 heavy (non-hydrogen) atoms. The highest BCUT2D eigenvalue weighted by atomic mass is 32.2. The Morgan fingerprint density at radius 1 is 1.04 bits per heavy atom. The predicted molar refractivity (Wildman–Crippen MR) is 101 cm³/mol. The van der Waals surface area contributed by atoms with Crippen molar-refractivity contribution in [2.75, 3.05) is 26.7 Å². The molecule has 6 nitrogen and oxygen atoms in total. The zero-order valence-electron chi connectivity index (χ0n) is 15.9. The molecule has 2 heterocycles. The molecule has 0 amide bonds. The minimum absolute atomic E-state index is 0.0834. The van der Waals surface area contributed by atoms with E-state index in [9.17, 15) is 8.42 Å². The summed E-state index contributed by atoms with van der Waals surface area (Å²) in [5.41, 5.74) is 1.03. The van der Waals surface area contributed by atoms with Gasteiger partial charge in [0.2, 0.25) is 0 Å². The van der Waals surface area contributed by atoms with Crippen molar-refractivity contribution in [3.8, 4) is 5.75 Å². The largest absolute Gasteiger partial charge is 0.497 e. The quantitative estimate of drug-likeness (QED) is 0.803. The highest BCUT2D eigenvalue weighted by molar-refractivity contribution is 7.86. The van der Waals surface area contributed by atoms with E-state index in [1.807, 2.05) is 38.1 Å². The third kappa shape index (κ3) is 4.22. The Kier molecular flexibility index (Phi) is 6.22. The van der Waals surface area contributed by atoms with Crippen LogP contribution in [0, 0.1) is 0 Å². The first-order valence-corrected chi connectivity index (χ1v) is 10.9. The zero-order valence-corrected chi connectivity index (χ0v) is 16.7. The lowest BCUT2D eigenvalue weighted by Gasteiger charge is -2.39. The molecule has 0 bridgehead atoms. The van der Waals surface area contributed by atoms with E-state index in [2.05, 4.69) is 0 Å². The lowest BCUT2D eigenvalue weighted by atomic mass is 10.0. The fraction of sp³-hybridized carbons (Fsp3) is 0.684. The van der Waals surface area contributed by atoms with Gasteiger partial charge in [-0.25, -0.2) is 0 Å². The van der Waals surface area contributed by atoms with E-state index in [-0.39, 0.29) is 18.2 Å². The number of rotatable bonds is 4. The minimum atomic E-state index is -3.53. The van der Waals surface area contributed by atoms with Gasteiger partial charge in [-0.3, -0.25) is 0 Å². The maximum absolute atomic E-state index is 13.5. The fourth-order valence-electron chi connectivity index (χ4n) is 3.98. The average Bonchev–Trinajstić information content (AvgIpc) is 2.87. The van der Waals surface area contributed by atoms with Crippen molar-refractivity contribution in [2.45, 2.75) is 57.8 Å². The SMILES string of the molecule is COc1ccc(C2CCCCCN2S(=O)(=O)N2CC(C)OC(C)C2)cc1. The van der Waals surface area contributed by atoms with Crippen LogP contribution in [0.1, 0.15) is 51.1 Å². The molecule has 2 saturated heterocycles. The maximum atomic E-state index is 13.5. The molecule has 0 aliphatic carbocycles. The molecule has 0 spiro atoms. The summed E-state index contributed by atoms with van der Waals surface area (Å²) in [7, 11) is -1.89. The Balaban J connectivity index is 1.89. The summed E-state index contributed by atoms with van der Waals surface area (Å²) in [5, 5.41) is 0. The van der Waals surface area contributed by atoms with Crippen LogP contribution in [-0.4, -0.2) is 56.0 Å². The van der Waals surface area contributed by atoms with Gasteiger partial charge in [0, 0.05) is 19.6 Å². The van der Waals surface area contributed by atoms with Crippen LogP contribution < -0.4 is 4.74 Å². The minimum Gasteiger partial charge on any atom is -0.497 e. The Morgan fingerprint density at radius 3 is 2.31 bits per heavy atom. The van der Waals surface area contributed by atoms with Crippen molar-refractivity contribution in [1.82, 2.24) is 8.61 Å². The molecule has 2 fully saturated rings. The number of benzene rings is 1. The van der Waals surface area contributed by atoms with E-state index in [0.29, 0.717) is 19.6 Å². The van der Waals surface area contributed by atoms with Gasteiger partial charge in [0.25, 0.3) is 10.2 Å². The van der Waals surface area contributed by atoms with Gasteiger partial charge in [-0.1, -0.05) is 25.0 Å². The molecular formula is C19H30N2O4S. The number of hydrogen-bond acceptors (Lipinski definition) is 4. The van der Waals surface area contributed by atoms with Gasteiger partial charge in [0.05, 0.1) is 25.4 Å². The molecule has 3 unspecified atom stereocenters. The van der Waals surface area contributed by atoms with Crippen LogP contribution in [0.15, 0.2) is 24.3 Å². The Hall–Kier alpha value is -1.15. The maximum Gasteiger partial charge on any atom is 0.282 e. The summed E-state index contributed by atoms with van der Waals surface area (Å²) in [6.07, 6.45) is 3.69. The number of methoxy groups -OCH3 is 1. The molecule has 0 radical (unpaired) electrons. The lowest BCUT2D eigenvalue weighted by molar-refractivity contribution is -0.0457. The summed E-state index contributed by atoms with van der Waals surface area (Å²) >= 11 is 0. The number of ether oxygens (including phenoxy) is 2. The van der Waals surface area contributed by atoms with Gasteiger partial charge in [0.15, 0.2) is 0 Å². The van der Waals surface area contributed by atoms with Crippen LogP contribution in [0.25, 0.3) is 0 Å². The van der Waals surface area contributed by atoms with Crippen molar-refractivity contribution >= 4 is 10.2 Å². The average molecular weight is 383 g/mol.